The SMILES string of the molecule is Cc1ccc(O)c(C2NNC3C(=O)N(CCO)C(c4ccccc4F)C32)c1. The zero-order valence-electron chi connectivity index (χ0n) is 14.9. The van der Waals surface area contributed by atoms with E-state index in [1.54, 1.807) is 24.3 Å². The van der Waals surface area contributed by atoms with Gasteiger partial charge >= 0.3 is 0 Å². The number of likely N-dealkylation sites (tertiary alicyclic amines) is 1. The van der Waals surface area contributed by atoms with Crippen LogP contribution in [0.4, 0.5) is 4.39 Å². The highest BCUT2D eigenvalue weighted by molar-refractivity contribution is 5.86. The number of aryl methyl sites for hydroxylation is 1. The van der Waals surface area contributed by atoms with E-state index in [0.717, 1.165) is 5.56 Å². The third-order valence-corrected chi connectivity index (χ3v) is 5.50. The monoisotopic (exact) mass is 371 g/mol. The van der Waals surface area contributed by atoms with Gasteiger partial charge in [0.2, 0.25) is 5.91 Å². The van der Waals surface area contributed by atoms with Crippen LogP contribution in [0.25, 0.3) is 0 Å². The Bertz CT molecular complexity index is 875. The molecule has 4 atom stereocenters. The van der Waals surface area contributed by atoms with E-state index in [0.29, 0.717) is 11.1 Å². The summed E-state index contributed by atoms with van der Waals surface area (Å²) in [7, 11) is 0. The third-order valence-electron chi connectivity index (χ3n) is 5.50. The average Bonchev–Trinajstić information content (AvgIpc) is 3.18. The van der Waals surface area contributed by atoms with E-state index in [4.69, 9.17) is 0 Å². The number of hydrazine groups is 1. The molecular formula is C20H22FN3O3. The molecule has 27 heavy (non-hydrogen) atoms. The van der Waals surface area contributed by atoms with Gasteiger partial charge in [0.25, 0.3) is 0 Å². The lowest BCUT2D eigenvalue weighted by atomic mass is 9.82. The molecule has 4 rings (SSSR count). The summed E-state index contributed by atoms with van der Waals surface area (Å²) in [5.41, 5.74) is 8.18. The molecule has 2 aliphatic rings. The van der Waals surface area contributed by atoms with Gasteiger partial charge in [-0.25, -0.2) is 15.2 Å². The van der Waals surface area contributed by atoms with Gasteiger partial charge in [-0.3, -0.25) is 4.79 Å². The van der Waals surface area contributed by atoms with Crippen LogP contribution in [0.15, 0.2) is 42.5 Å². The first-order chi connectivity index (χ1) is 13.0. The largest absolute Gasteiger partial charge is 0.508 e. The topological polar surface area (TPSA) is 84.8 Å². The molecule has 0 aliphatic carbocycles. The van der Waals surface area contributed by atoms with Gasteiger partial charge in [0, 0.05) is 23.6 Å². The van der Waals surface area contributed by atoms with E-state index < -0.39 is 17.9 Å². The van der Waals surface area contributed by atoms with Gasteiger partial charge in [0.15, 0.2) is 0 Å². The minimum absolute atomic E-state index is 0.124. The molecular weight excluding hydrogens is 349 g/mol. The molecule has 0 bridgehead atoms. The van der Waals surface area contributed by atoms with E-state index in [1.165, 1.54) is 11.0 Å². The van der Waals surface area contributed by atoms with Crippen LogP contribution in [-0.2, 0) is 4.79 Å². The molecule has 0 radical (unpaired) electrons. The van der Waals surface area contributed by atoms with Crippen molar-refractivity contribution < 1.29 is 19.4 Å². The molecule has 0 saturated carbocycles. The molecule has 4 N–H and O–H groups in total. The summed E-state index contributed by atoms with van der Waals surface area (Å²) in [6.07, 6.45) is 0. The maximum atomic E-state index is 14.6. The number of phenolic OH excluding ortho intramolecular Hbond substituents is 1. The lowest BCUT2D eigenvalue weighted by Crippen LogP contribution is -2.42. The number of rotatable bonds is 4. The molecule has 6 nitrogen and oxygen atoms in total. The molecule has 142 valence electrons. The Morgan fingerprint density at radius 3 is 2.59 bits per heavy atom. The first kappa shape index (κ1) is 17.9. The second-order valence-electron chi connectivity index (χ2n) is 7.11. The summed E-state index contributed by atoms with van der Waals surface area (Å²) in [5, 5.41) is 19.8. The molecule has 2 heterocycles. The Hall–Kier alpha value is -2.48. The Kier molecular flexibility index (Phi) is 4.59. The molecule has 0 aromatic heterocycles. The van der Waals surface area contributed by atoms with E-state index in [2.05, 4.69) is 10.9 Å². The molecule has 2 aromatic carbocycles. The van der Waals surface area contributed by atoms with E-state index in [1.807, 2.05) is 19.1 Å². The fourth-order valence-corrected chi connectivity index (χ4v) is 4.33. The van der Waals surface area contributed by atoms with Crippen molar-refractivity contribution in [2.45, 2.75) is 25.0 Å². The Balaban J connectivity index is 1.82. The lowest BCUT2D eigenvalue weighted by Gasteiger charge is -2.31. The number of benzene rings is 2. The Labute approximate surface area is 156 Å². The number of halogens is 1. The number of β-amino-alcohol motifs (C(OH)–C–C–N with tert-alkyl or cyclic N) is 1. The van der Waals surface area contributed by atoms with Crippen LogP contribution in [0.5, 0.6) is 5.75 Å². The smallest absolute Gasteiger partial charge is 0.242 e. The summed E-state index contributed by atoms with van der Waals surface area (Å²) in [6.45, 7) is 1.85. The third kappa shape index (κ3) is 2.88. The Morgan fingerprint density at radius 1 is 1.11 bits per heavy atom. The minimum atomic E-state index is -0.564. The number of amides is 1. The van der Waals surface area contributed by atoms with Gasteiger partial charge in [-0.15, -0.1) is 0 Å². The van der Waals surface area contributed by atoms with Crippen molar-refractivity contribution in [3.63, 3.8) is 0 Å². The summed E-state index contributed by atoms with van der Waals surface area (Å²) >= 11 is 0. The highest BCUT2D eigenvalue weighted by Gasteiger charge is 2.56. The summed E-state index contributed by atoms with van der Waals surface area (Å²) in [4.78, 5) is 14.5. The van der Waals surface area contributed by atoms with Gasteiger partial charge in [0.05, 0.1) is 18.7 Å². The number of nitrogens with one attached hydrogen (secondary N) is 2. The fraction of sp³-hybridized carbons (Fsp3) is 0.350. The molecule has 2 saturated heterocycles. The van der Waals surface area contributed by atoms with Crippen molar-refractivity contribution >= 4 is 5.91 Å². The summed E-state index contributed by atoms with van der Waals surface area (Å²) in [6, 6.07) is 10.2. The predicted octanol–water partition coefficient (Wildman–Crippen LogP) is 1.55. The van der Waals surface area contributed by atoms with Crippen molar-refractivity contribution in [2.75, 3.05) is 13.2 Å². The van der Waals surface area contributed by atoms with Crippen LogP contribution >= 0.6 is 0 Å². The maximum Gasteiger partial charge on any atom is 0.242 e. The van der Waals surface area contributed by atoms with Gasteiger partial charge in [0.1, 0.15) is 17.6 Å². The average molecular weight is 371 g/mol. The number of phenols is 1. The Morgan fingerprint density at radius 2 is 1.85 bits per heavy atom. The number of aromatic hydroxyl groups is 1. The number of carbonyl (C=O) groups excluding carboxylic acids is 1. The molecule has 0 spiro atoms. The molecule has 4 unspecified atom stereocenters. The van der Waals surface area contributed by atoms with Crippen LogP contribution in [0.1, 0.15) is 28.8 Å². The summed E-state index contributed by atoms with van der Waals surface area (Å²) in [5.74, 6) is -0.794. The van der Waals surface area contributed by atoms with Crippen molar-refractivity contribution in [1.82, 2.24) is 15.8 Å². The van der Waals surface area contributed by atoms with Crippen molar-refractivity contribution in [1.29, 1.82) is 0 Å². The molecule has 2 fully saturated rings. The number of aliphatic hydroxyl groups is 1. The quantitative estimate of drug-likeness (QED) is 0.655. The highest BCUT2D eigenvalue weighted by Crippen LogP contribution is 2.48. The standard InChI is InChI=1S/C20H22FN3O3/c1-11-6-7-15(26)13(10-11)17-16-18(23-22-17)20(27)24(8-9-25)19(16)12-4-2-3-5-14(12)21/h2-7,10,16-19,22-23,25-26H,8-9H2,1H3. The summed E-state index contributed by atoms with van der Waals surface area (Å²) < 4.78 is 14.6. The molecule has 2 aliphatic heterocycles. The van der Waals surface area contributed by atoms with Gasteiger partial charge < -0.3 is 15.1 Å². The number of nitrogens with zero attached hydrogens (tertiary/aromatic N) is 1. The van der Waals surface area contributed by atoms with E-state index in [9.17, 15) is 19.4 Å². The fourth-order valence-electron chi connectivity index (χ4n) is 4.33. The van der Waals surface area contributed by atoms with E-state index >= 15 is 0 Å². The molecule has 7 heteroatoms. The zero-order chi connectivity index (χ0) is 19.1. The van der Waals surface area contributed by atoms with Gasteiger partial charge in [-0.2, -0.15) is 0 Å². The first-order valence-electron chi connectivity index (χ1n) is 8.99. The maximum absolute atomic E-state index is 14.6. The lowest BCUT2D eigenvalue weighted by molar-refractivity contribution is -0.131. The second-order valence-corrected chi connectivity index (χ2v) is 7.11. The molecule has 1 amide bonds. The minimum Gasteiger partial charge on any atom is -0.508 e. The van der Waals surface area contributed by atoms with E-state index in [-0.39, 0.29) is 36.8 Å². The number of aliphatic hydroxyl groups excluding tert-OH is 1. The van der Waals surface area contributed by atoms with Crippen LogP contribution < -0.4 is 10.9 Å². The van der Waals surface area contributed by atoms with Crippen LogP contribution in [0, 0.1) is 18.7 Å². The van der Waals surface area contributed by atoms with Crippen LogP contribution in [-0.4, -0.2) is 40.2 Å². The van der Waals surface area contributed by atoms with Crippen molar-refractivity contribution in [3.8, 4) is 5.75 Å². The predicted molar refractivity (Wildman–Crippen MR) is 97.1 cm³/mol. The van der Waals surface area contributed by atoms with Crippen molar-refractivity contribution in [3.05, 3.63) is 65.0 Å². The number of carbonyl (C=O) groups is 1. The van der Waals surface area contributed by atoms with Gasteiger partial charge in [-0.05, 0) is 19.1 Å². The number of fused-ring (bicyclic) bond motifs is 1. The normalized spacial score (nSPS) is 27.2. The highest BCUT2D eigenvalue weighted by atomic mass is 19.1. The van der Waals surface area contributed by atoms with Gasteiger partial charge in [-0.1, -0.05) is 35.9 Å². The number of hydrogen-bond acceptors (Lipinski definition) is 5. The first-order valence-corrected chi connectivity index (χ1v) is 8.99. The van der Waals surface area contributed by atoms with Crippen LogP contribution in [0.2, 0.25) is 0 Å². The van der Waals surface area contributed by atoms with Crippen molar-refractivity contribution in [2.24, 2.45) is 5.92 Å². The molecule has 2 aromatic rings. The van der Waals surface area contributed by atoms with Crippen LogP contribution in [0.3, 0.4) is 0 Å². The number of hydrogen-bond donors (Lipinski definition) is 4. The zero-order valence-corrected chi connectivity index (χ0v) is 14.9. The second kappa shape index (κ2) is 6.92.